The van der Waals surface area contributed by atoms with Crippen molar-refractivity contribution < 1.29 is 4.39 Å². The zero-order valence-electron chi connectivity index (χ0n) is 18.1. The predicted molar refractivity (Wildman–Crippen MR) is 123 cm³/mol. The van der Waals surface area contributed by atoms with E-state index >= 15 is 0 Å². The molecule has 1 N–H and O–H groups in total. The third kappa shape index (κ3) is 4.70. The predicted octanol–water partition coefficient (Wildman–Crippen LogP) is 4.25. The van der Waals surface area contributed by atoms with E-state index in [0.717, 1.165) is 33.9 Å². The van der Waals surface area contributed by atoms with Gasteiger partial charge >= 0.3 is 0 Å². The van der Waals surface area contributed by atoms with E-state index in [2.05, 4.69) is 51.6 Å². The largest absolute Gasteiger partial charge is 0.308 e. The highest BCUT2D eigenvalue weighted by molar-refractivity contribution is 5.63. The number of pyridine rings is 1. The fourth-order valence-corrected chi connectivity index (χ4v) is 3.54. The van der Waals surface area contributed by atoms with E-state index in [0.29, 0.717) is 13.1 Å². The molecule has 164 valence electrons. The van der Waals surface area contributed by atoms with E-state index in [1.54, 1.807) is 27.8 Å². The third-order valence-electron chi connectivity index (χ3n) is 5.31. The Labute approximate surface area is 190 Å². The maximum Gasteiger partial charge on any atom is 0.155 e. The van der Waals surface area contributed by atoms with Gasteiger partial charge in [-0.15, -0.1) is 0 Å². The van der Waals surface area contributed by atoms with Crippen molar-refractivity contribution in [2.75, 3.05) is 0 Å². The van der Waals surface area contributed by atoms with E-state index in [1.807, 2.05) is 24.5 Å². The van der Waals surface area contributed by atoms with Gasteiger partial charge < -0.3 is 5.32 Å². The van der Waals surface area contributed by atoms with Gasteiger partial charge in [0.05, 0.1) is 11.4 Å². The van der Waals surface area contributed by atoms with Crippen molar-refractivity contribution in [3.63, 3.8) is 0 Å². The summed E-state index contributed by atoms with van der Waals surface area (Å²) in [5, 5.41) is 12.4. The molecular formula is C25H22FN7. The highest BCUT2D eigenvalue weighted by Gasteiger charge is 2.12. The average Bonchev–Trinajstić information content (AvgIpc) is 3.52. The Morgan fingerprint density at radius 3 is 2.42 bits per heavy atom. The summed E-state index contributed by atoms with van der Waals surface area (Å²) in [6.45, 7) is 3.33. The van der Waals surface area contributed by atoms with Gasteiger partial charge in [0.2, 0.25) is 0 Å². The summed E-state index contributed by atoms with van der Waals surface area (Å²) in [6, 6.07) is 18.5. The van der Waals surface area contributed by atoms with E-state index in [-0.39, 0.29) is 5.82 Å². The van der Waals surface area contributed by atoms with Crippen LogP contribution in [0.2, 0.25) is 0 Å². The van der Waals surface area contributed by atoms with Crippen LogP contribution < -0.4 is 5.32 Å². The monoisotopic (exact) mass is 439 g/mol. The molecule has 0 unspecified atom stereocenters. The molecule has 5 aromatic rings. The minimum atomic E-state index is -0.269. The minimum absolute atomic E-state index is 0.269. The standard InChI is InChI=1S/C25H22FN7/c1-18-2-5-20(6-3-18)25-21(15-32(31-25)23-9-7-22(26)8-10-23)14-27-12-19-4-11-24(29-13-19)33-17-28-16-30-33/h2-11,13,15-17,27H,12,14H2,1H3. The summed E-state index contributed by atoms with van der Waals surface area (Å²) in [4.78, 5) is 8.39. The molecule has 5 rings (SSSR count). The number of aryl methyl sites for hydroxylation is 1. The Bertz CT molecular complexity index is 1320. The number of aromatic nitrogens is 6. The smallest absolute Gasteiger partial charge is 0.155 e. The van der Waals surface area contributed by atoms with Gasteiger partial charge in [-0.05, 0) is 42.8 Å². The Balaban J connectivity index is 1.35. The Hall–Kier alpha value is -4.17. The van der Waals surface area contributed by atoms with Crippen LogP contribution in [-0.4, -0.2) is 29.5 Å². The highest BCUT2D eigenvalue weighted by atomic mass is 19.1. The van der Waals surface area contributed by atoms with Gasteiger partial charge in [-0.25, -0.2) is 23.7 Å². The topological polar surface area (TPSA) is 73.5 Å². The molecule has 0 aliphatic carbocycles. The number of rotatable bonds is 7. The molecule has 0 fully saturated rings. The molecule has 8 heteroatoms. The normalized spacial score (nSPS) is 11.1. The van der Waals surface area contributed by atoms with Crippen molar-refractivity contribution in [1.29, 1.82) is 0 Å². The summed E-state index contributed by atoms with van der Waals surface area (Å²) in [5.41, 5.74) is 6.04. The molecule has 0 aliphatic rings. The summed E-state index contributed by atoms with van der Waals surface area (Å²) in [5.74, 6) is 0.452. The number of nitrogens with zero attached hydrogens (tertiary/aromatic N) is 6. The average molecular weight is 439 g/mol. The molecule has 0 radical (unpaired) electrons. The lowest BCUT2D eigenvalue weighted by molar-refractivity contribution is 0.627. The zero-order valence-corrected chi connectivity index (χ0v) is 18.1. The van der Waals surface area contributed by atoms with Gasteiger partial charge in [0.1, 0.15) is 18.5 Å². The number of hydrogen-bond donors (Lipinski definition) is 1. The molecule has 33 heavy (non-hydrogen) atoms. The first-order valence-electron chi connectivity index (χ1n) is 10.6. The fourth-order valence-electron chi connectivity index (χ4n) is 3.54. The molecule has 0 saturated carbocycles. The van der Waals surface area contributed by atoms with Gasteiger partial charge in [0.15, 0.2) is 5.82 Å². The molecule has 3 aromatic heterocycles. The lowest BCUT2D eigenvalue weighted by Crippen LogP contribution is -2.13. The van der Waals surface area contributed by atoms with Crippen LogP contribution in [0.15, 0.2) is 85.7 Å². The van der Waals surface area contributed by atoms with Gasteiger partial charge in [-0.3, -0.25) is 0 Å². The number of nitrogens with one attached hydrogen (secondary N) is 1. The van der Waals surface area contributed by atoms with E-state index in [1.165, 1.54) is 24.0 Å². The molecule has 0 saturated heterocycles. The molecule has 0 aliphatic heterocycles. The maximum atomic E-state index is 13.4. The molecular weight excluding hydrogens is 417 g/mol. The van der Waals surface area contributed by atoms with Crippen molar-refractivity contribution in [3.05, 3.63) is 108 Å². The minimum Gasteiger partial charge on any atom is -0.308 e. The molecule has 0 bridgehead atoms. The Morgan fingerprint density at radius 1 is 0.909 bits per heavy atom. The second-order valence-electron chi connectivity index (χ2n) is 7.76. The summed E-state index contributed by atoms with van der Waals surface area (Å²) in [6.07, 6.45) is 6.91. The number of hydrogen-bond acceptors (Lipinski definition) is 5. The van der Waals surface area contributed by atoms with Crippen LogP contribution in [-0.2, 0) is 13.1 Å². The summed E-state index contributed by atoms with van der Waals surface area (Å²) in [7, 11) is 0. The number of halogens is 1. The Kier molecular flexibility index (Phi) is 5.73. The highest BCUT2D eigenvalue weighted by Crippen LogP contribution is 2.24. The van der Waals surface area contributed by atoms with Crippen LogP contribution in [0.1, 0.15) is 16.7 Å². The van der Waals surface area contributed by atoms with E-state index < -0.39 is 0 Å². The van der Waals surface area contributed by atoms with Crippen LogP contribution in [0.25, 0.3) is 22.8 Å². The quantitative estimate of drug-likeness (QED) is 0.410. The first-order chi connectivity index (χ1) is 16.2. The first-order valence-corrected chi connectivity index (χ1v) is 10.6. The van der Waals surface area contributed by atoms with Crippen molar-refractivity contribution in [2.24, 2.45) is 0 Å². The van der Waals surface area contributed by atoms with Crippen LogP contribution >= 0.6 is 0 Å². The van der Waals surface area contributed by atoms with Crippen LogP contribution in [0, 0.1) is 12.7 Å². The lowest BCUT2D eigenvalue weighted by Gasteiger charge is -2.07. The van der Waals surface area contributed by atoms with Crippen molar-refractivity contribution >= 4 is 0 Å². The second kappa shape index (κ2) is 9.13. The molecule has 2 aromatic carbocycles. The van der Waals surface area contributed by atoms with Crippen molar-refractivity contribution in [2.45, 2.75) is 20.0 Å². The molecule has 0 spiro atoms. The Morgan fingerprint density at radius 2 is 1.73 bits per heavy atom. The molecule has 3 heterocycles. The lowest BCUT2D eigenvalue weighted by atomic mass is 10.1. The second-order valence-corrected chi connectivity index (χ2v) is 7.76. The zero-order chi connectivity index (χ0) is 22.6. The number of benzene rings is 2. The van der Waals surface area contributed by atoms with Crippen molar-refractivity contribution in [3.8, 4) is 22.8 Å². The first kappa shape index (κ1) is 20.7. The third-order valence-corrected chi connectivity index (χ3v) is 5.31. The van der Waals surface area contributed by atoms with Crippen LogP contribution in [0.4, 0.5) is 4.39 Å². The van der Waals surface area contributed by atoms with Crippen LogP contribution in [0.3, 0.4) is 0 Å². The van der Waals surface area contributed by atoms with E-state index in [4.69, 9.17) is 5.10 Å². The SMILES string of the molecule is Cc1ccc(-c2nn(-c3ccc(F)cc3)cc2CNCc2ccc(-n3cncn3)nc2)cc1. The molecule has 0 amide bonds. The van der Waals surface area contributed by atoms with Gasteiger partial charge in [-0.1, -0.05) is 35.9 Å². The summed E-state index contributed by atoms with van der Waals surface area (Å²) < 4.78 is 16.8. The van der Waals surface area contributed by atoms with Gasteiger partial charge in [0.25, 0.3) is 0 Å². The van der Waals surface area contributed by atoms with Crippen molar-refractivity contribution in [1.82, 2.24) is 34.8 Å². The molecule has 0 atom stereocenters. The van der Waals surface area contributed by atoms with Gasteiger partial charge in [-0.2, -0.15) is 10.2 Å². The summed E-state index contributed by atoms with van der Waals surface area (Å²) >= 11 is 0. The maximum absolute atomic E-state index is 13.4. The van der Waals surface area contributed by atoms with E-state index in [9.17, 15) is 4.39 Å². The van der Waals surface area contributed by atoms with Gasteiger partial charge in [0, 0.05) is 36.6 Å². The fraction of sp³-hybridized carbons (Fsp3) is 0.120. The molecule has 7 nitrogen and oxygen atoms in total. The van der Waals surface area contributed by atoms with Crippen LogP contribution in [0.5, 0.6) is 0 Å².